The molecule has 0 heterocycles. The van der Waals surface area contributed by atoms with E-state index in [1.54, 1.807) is 0 Å². The number of hydrogen-bond acceptors (Lipinski definition) is 3. The second-order valence-corrected chi connectivity index (χ2v) is 4.92. The fourth-order valence-corrected chi connectivity index (χ4v) is 1.79. The van der Waals surface area contributed by atoms with Gasteiger partial charge in [-0.2, -0.15) is 0 Å². The summed E-state index contributed by atoms with van der Waals surface area (Å²) < 4.78 is 0. The first kappa shape index (κ1) is 15.4. The Hall–Kier alpha value is -0.610. The molecule has 0 saturated heterocycles. The molecular formula is C12H26N2O2. The van der Waals surface area contributed by atoms with Crippen LogP contribution >= 0.6 is 0 Å². The molecule has 0 saturated carbocycles. The minimum absolute atomic E-state index is 0.0370. The lowest BCUT2D eigenvalue weighted by atomic mass is 9.94. The van der Waals surface area contributed by atoms with E-state index in [1.807, 2.05) is 6.92 Å². The van der Waals surface area contributed by atoms with Gasteiger partial charge in [-0.25, -0.2) is 0 Å². The molecule has 4 heteroatoms. The second kappa shape index (κ2) is 8.53. The van der Waals surface area contributed by atoms with Crippen LogP contribution in [0.5, 0.6) is 0 Å². The Balaban J connectivity index is 3.91. The number of carbonyl (C=O) groups excluding carboxylic acids is 1. The molecular weight excluding hydrogens is 204 g/mol. The van der Waals surface area contributed by atoms with Crippen LogP contribution in [0.25, 0.3) is 0 Å². The molecule has 0 aromatic rings. The van der Waals surface area contributed by atoms with E-state index >= 15 is 0 Å². The molecule has 4 N–H and O–H groups in total. The number of amides is 1. The summed E-state index contributed by atoms with van der Waals surface area (Å²) in [6.07, 6.45) is 2.08. The third-order valence-corrected chi connectivity index (χ3v) is 2.58. The van der Waals surface area contributed by atoms with Crippen LogP contribution in [0.15, 0.2) is 0 Å². The van der Waals surface area contributed by atoms with E-state index in [0.717, 1.165) is 6.42 Å². The molecule has 0 aliphatic heterocycles. The zero-order valence-corrected chi connectivity index (χ0v) is 10.7. The Morgan fingerprint density at radius 1 is 1.38 bits per heavy atom. The molecule has 0 fully saturated rings. The van der Waals surface area contributed by atoms with Gasteiger partial charge in [-0.05, 0) is 38.1 Å². The molecule has 4 nitrogen and oxygen atoms in total. The molecule has 0 aliphatic rings. The number of carbonyl (C=O) groups is 1. The zero-order valence-electron chi connectivity index (χ0n) is 10.7. The van der Waals surface area contributed by atoms with Crippen molar-refractivity contribution in [2.45, 2.75) is 46.1 Å². The monoisotopic (exact) mass is 230 g/mol. The lowest BCUT2D eigenvalue weighted by Crippen LogP contribution is -2.35. The lowest BCUT2D eigenvalue weighted by molar-refractivity contribution is -0.122. The Kier molecular flexibility index (Phi) is 8.21. The van der Waals surface area contributed by atoms with Crippen molar-refractivity contribution in [3.8, 4) is 0 Å². The molecule has 1 amide bonds. The summed E-state index contributed by atoms with van der Waals surface area (Å²) in [5, 5.41) is 11.6. The van der Waals surface area contributed by atoms with Gasteiger partial charge in [0.25, 0.3) is 0 Å². The minimum Gasteiger partial charge on any atom is -0.396 e. The Morgan fingerprint density at radius 3 is 2.44 bits per heavy atom. The Morgan fingerprint density at radius 2 is 2.00 bits per heavy atom. The average molecular weight is 230 g/mol. The molecule has 0 radical (unpaired) electrons. The summed E-state index contributed by atoms with van der Waals surface area (Å²) in [7, 11) is 0. The van der Waals surface area contributed by atoms with E-state index in [4.69, 9.17) is 10.8 Å². The van der Waals surface area contributed by atoms with Crippen LogP contribution < -0.4 is 11.1 Å². The summed E-state index contributed by atoms with van der Waals surface area (Å²) in [5.41, 5.74) is 5.64. The van der Waals surface area contributed by atoms with Gasteiger partial charge in [-0.1, -0.05) is 13.8 Å². The number of aliphatic hydroxyl groups excluding tert-OH is 1. The number of nitrogens with two attached hydrogens (primary N) is 1. The maximum absolute atomic E-state index is 11.6. The highest BCUT2D eigenvalue weighted by atomic mass is 16.3. The highest BCUT2D eigenvalue weighted by Gasteiger charge is 2.15. The normalized spacial score (nSPS) is 14.9. The van der Waals surface area contributed by atoms with Gasteiger partial charge < -0.3 is 16.2 Å². The molecule has 0 aliphatic carbocycles. The molecule has 0 aromatic heterocycles. The topological polar surface area (TPSA) is 75.4 Å². The van der Waals surface area contributed by atoms with E-state index in [2.05, 4.69) is 19.2 Å². The van der Waals surface area contributed by atoms with Crippen LogP contribution in [0, 0.1) is 11.8 Å². The van der Waals surface area contributed by atoms with Gasteiger partial charge in [0.1, 0.15) is 0 Å². The fourth-order valence-electron chi connectivity index (χ4n) is 1.79. The predicted molar refractivity (Wildman–Crippen MR) is 65.9 cm³/mol. The number of aliphatic hydroxyl groups is 1. The maximum Gasteiger partial charge on any atom is 0.220 e. The van der Waals surface area contributed by atoms with Gasteiger partial charge in [0, 0.05) is 19.1 Å². The van der Waals surface area contributed by atoms with Crippen LogP contribution in [0.1, 0.15) is 40.0 Å². The Bertz CT molecular complexity index is 195. The molecule has 2 atom stereocenters. The highest BCUT2D eigenvalue weighted by Crippen LogP contribution is 2.14. The quantitative estimate of drug-likeness (QED) is 0.579. The van der Waals surface area contributed by atoms with E-state index < -0.39 is 0 Å². The molecule has 16 heavy (non-hydrogen) atoms. The molecule has 96 valence electrons. The van der Waals surface area contributed by atoms with Gasteiger partial charge >= 0.3 is 0 Å². The Labute approximate surface area is 98.6 Å². The maximum atomic E-state index is 11.6. The third-order valence-electron chi connectivity index (χ3n) is 2.58. The molecule has 0 aromatic carbocycles. The molecule has 0 rings (SSSR count). The van der Waals surface area contributed by atoms with E-state index in [-0.39, 0.29) is 24.5 Å². The third kappa shape index (κ3) is 7.65. The first-order chi connectivity index (χ1) is 7.49. The van der Waals surface area contributed by atoms with Crippen molar-refractivity contribution in [2.24, 2.45) is 17.6 Å². The second-order valence-electron chi connectivity index (χ2n) is 4.92. The largest absolute Gasteiger partial charge is 0.396 e. The van der Waals surface area contributed by atoms with E-state index in [0.29, 0.717) is 25.3 Å². The van der Waals surface area contributed by atoms with E-state index in [1.165, 1.54) is 0 Å². The standard InChI is InChI=1S/C12H26N2O2/c1-9(2)6-11(8-13)7-12(16)14-10(3)4-5-15/h9-11,15H,4-8,13H2,1-3H3,(H,14,16)/t10?,11-/m0/s1. The first-order valence-electron chi connectivity index (χ1n) is 6.09. The van der Waals surface area contributed by atoms with Gasteiger partial charge in [0.15, 0.2) is 0 Å². The van der Waals surface area contributed by atoms with Crippen LogP contribution in [0.2, 0.25) is 0 Å². The van der Waals surface area contributed by atoms with Crippen LogP contribution in [0.3, 0.4) is 0 Å². The van der Waals surface area contributed by atoms with E-state index in [9.17, 15) is 4.79 Å². The van der Waals surface area contributed by atoms with Crippen LogP contribution in [-0.4, -0.2) is 30.2 Å². The summed E-state index contributed by atoms with van der Waals surface area (Å²) in [5.74, 6) is 0.870. The summed E-state index contributed by atoms with van der Waals surface area (Å²) in [6.45, 7) is 6.83. The first-order valence-corrected chi connectivity index (χ1v) is 6.09. The summed E-state index contributed by atoms with van der Waals surface area (Å²) >= 11 is 0. The SMILES string of the molecule is CC(C)C[C@H](CN)CC(=O)NC(C)CCO. The minimum atomic E-state index is 0.0370. The van der Waals surface area contributed by atoms with Crippen molar-refractivity contribution < 1.29 is 9.90 Å². The number of hydrogen-bond donors (Lipinski definition) is 3. The summed E-state index contributed by atoms with van der Waals surface area (Å²) in [4.78, 5) is 11.6. The van der Waals surface area contributed by atoms with Crippen molar-refractivity contribution >= 4 is 5.91 Å². The lowest BCUT2D eigenvalue weighted by Gasteiger charge is -2.18. The van der Waals surface area contributed by atoms with Gasteiger partial charge in [0.05, 0.1) is 0 Å². The van der Waals surface area contributed by atoms with Crippen molar-refractivity contribution in [1.82, 2.24) is 5.32 Å². The fraction of sp³-hybridized carbons (Fsp3) is 0.917. The van der Waals surface area contributed by atoms with Gasteiger partial charge in [-0.3, -0.25) is 4.79 Å². The molecule has 0 bridgehead atoms. The number of rotatable bonds is 8. The van der Waals surface area contributed by atoms with Crippen LogP contribution in [0.4, 0.5) is 0 Å². The van der Waals surface area contributed by atoms with Crippen molar-refractivity contribution in [1.29, 1.82) is 0 Å². The smallest absolute Gasteiger partial charge is 0.220 e. The molecule has 1 unspecified atom stereocenters. The van der Waals surface area contributed by atoms with Crippen LogP contribution in [-0.2, 0) is 4.79 Å². The van der Waals surface area contributed by atoms with Gasteiger partial charge in [0.2, 0.25) is 5.91 Å². The van der Waals surface area contributed by atoms with Crippen molar-refractivity contribution in [3.63, 3.8) is 0 Å². The summed E-state index contributed by atoms with van der Waals surface area (Å²) in [6, 6.07) is 0.0370. The predicted octanol–water partition coefficient (Wildman–Crippen LogP) is 0.885. The van der Waals surface area contributed by atoms with Crippen molar-refractivity contribution in [2.75, 3.05) is 13.2 Å². The van der Waals surface area contributed by atoms with Gasteiger partial charge in [-0.15, -0.1) is 0 Å². The molecule has 0 spiro atoms. The zero-order chi connectivity index (χ0) is 12.6. The average Bonchev–Trinajstić information content (AvgIpc) is 2.15. The van der Waals surface area contributed by atoms with Crippen molar-refractivity contribution in [3.05, 3.63) is 0 Å². The number of nitrogens with one attached hydrogen (secondary N) is 1. The highest BCUT2D eigenvalue weighted by molar-refractivity contribution is 5.76.